The second kappa shape index (κ2) is 25.1. The highest BCUT2D eigenvalue weighted by Crippen LogP contribution is 2.53. The number of phosphoric ester groups is 4. The van der Waals surface area contributed by atoms with Gasteiger partial charge in [0.05, 0.1) is 58.4 Å². The van der Waals surface area contributed by atoms with E-state index < -0.39 is 175 Å². The third kappa shape index (κ3) is 14.5. The molecule has 3 aliphatic rings. The Labute approximate surface area is 477 Å². The quantitative estimate of drug-likeness (QED) is 0.0178. The highest BCUT2D eigenvalue weighted by Gasteiger charge is 2.53. The Morgan fingerprint density at radius 2 is 1.24 bits per heavy atom. The number of aromatic amines is 2. The first kappa shape index (κ1) is 65.4. The lowest BCUT2D eigenvalue weighted by atomic mass is 10.1. The summed E-state index contributed by atoms with van der Waals surface area (Å²) >= 11 is 0. The molecule has 0 spiro atoms. The number of nitrogen functional groups attached to an aromatic ring is 3. The molecule has 0 amide bonds. The number of H-pyrrole nitrogens is 2. The van der Waals surface area contributed by atoms with Crippen LogP contribution in [0.3, 0.4) is 0 Å². The zero-order chi connectivity index (χ0) is 62.7. The van der Waals surface area contributed by atoms with Gasteiger partial charge in [-0.25, -0.2) is 42.8 Å². The fourth-order valence-electron chi connectivity index (χ4n) is 9.41. The zero-order valence-electron chi connectivity index (χ0n) is 43.8. The van der Waals surface area contributed by atoms with Crippen LogP contribution in [-0.4, -0.2) is 215 Å². The van der Waals surface area contributed by atoms with Crippen molar-refractivity contribution in [1.82, 2.24) is 53.6 Å². The number of aryl methyl sites for hydroxylation is 1. The summed E-state index contributed by atoms with van der Waals surface area (Å²) < 4.78 is 128. The Morgan fingerprint density at radius 1 is 0.663 bits per heavy atom. The van der Waals surface area contributed by atoms with Crippen molar-refractivity contribution in [2.75, 3.05) is 56.9 Å². The van der Waals surface area contributed by atoms with Gasteiger partial charge in [0.25, 0.3) is 17.1 Å². The number of aliphatic hydroxyl groups is 4. The lowest BCUT2D eigenvalue weighted by Gasteiger charge is -2.28. The highest BCUT2D eigenvalue weighted by atomic mass is 31.2. The third-order valence-corrected chi connectivity index (χ3v) is 17.6. The summed E-state index contributed by atoms with van der Waals surface area (Å²) in [5.74, 6) is -0.757. The summed E-state index contributed by atoms with van der Waals surface area (Å²) in [5, 5.41) is 43.5. The molecule has 86 heavy (non-hydrogen) atoms. The van der Waals surface area contributed by atoms with Gasteiger partial charge < -0.3 is 95.4 Å². The van der Waals surface area contributed by atoms with Gasteiger partial charge in [0, 0.05) is 7.11 Å². The van der Waals surface area contributed by atoms with E-state index in [-0.39, 0.29) is 51.2 Å². The van der Waals surface area contributed by atoms with Gasteiger partial charge in [-0.1, -0.05) is 4.98 Å². The molecule has 49 heteroatoms. The molecule has 8 unspecified atom stereocenters. The monoisotopic (exact) mass is 1330 g/mol. The minimum absolute atomic E-state index is 0.00249. The predicted molar refractivity (Wildman–Crippen MR) is 276 cm³/mol. The highest BCUT2D eigenvalue weighted by molar-refractivity contribution is 7.52. The van der Waals surface area contributed by atoms with Crippen LogP contribution in [0.15, 0.2) is 34.9 Å². The van der Waals surface area contributed by atoms with Gasteiger partial charge in [-0.3, -0.25) is 65.0 Å². The zero-order valence-corrected chi connectivity index (χ0v) is 48.3. The summed E-state index contributed by atoms with van der Waals surface area (Å²) in [6.45, 7) is -4.74. The molecule has 0 saturated carbocycles. The number of nitrogens with zero attached hydrogens (tertiary/aromatic N) is 10. The van der Waals surface area contributed by atoms with E-state index in [1.54, 1.807) is 0 Å². The van der Waals surface area contributed by atoms with Crippen LogP contribution in [0.1, 0.15) is 25.1 Å². The van der Waals surface area contributed by atoms with E-state index >= 15 is 0 Å². The number of anilines is 3. The second-order valence-electron chi connectivity index (χ2n) is 19.1. The molecular formula is C37H55N15O29P5+. The van der Waals surface area contributed by atoms with Gasteiger partial charge in [-0.2, -0.15) is 4.98 Å². The fourth-order valence-corrected chi connectivity index (χ4v) is 13.4. The lowest BCUT2D eigenvalue weighted by molar-refractivity contribution is -0.745. The van der Waals surface area contributed by atoms with E-state index in [2.05, 4.69) is 48.9 Å². The van der Waals surface area contributed by atoms with Crippen molar-refractivity contribution < 1.29 is 133 Å². The average Bonchev–Trinajstić information content (AvgIpc) is 3.14. The summed E-state index contributed by atoms with van der Waals surface area (Å²) in [6, 6.07) is 0. The number of methoxy groups -OCH3 is 1. The molecule has 3 saturated heterocycles. The van der Waals surface area contributed by atoms with Crippen molar-refractivity contribution in [3.8, 4) is 0 Å². The number of aliphatic hydroxyl groups excluding tert-OH is 4. The Kier molecular flexibility index (Phi) is 19.1. The maximum atomic E-state index is 13.8. The van der Waals surface area contributed by atoms with E-state index in [1.165, 1.54) is 22.5 Å². The first-order valence-corrected chi connectivity index (χ1v) is 32.3. The molecule has 3 aliphatic heterocycles. The predicted octanol–water partition coefficient (Wildman–Crippen LogP) is -5.40. The number of hydrogen-bond donors (Lipinski definition) is 16. The molecule has 3 fully saturated rings. The molecule has 9 rings (SSSR count). The number of rotatable bonds is 26. The minimum Gasteiger partial charge on any atom is -0.387 e. The number of phosphoric acid groups is 4. The normalized spacial score (nSPS) is 28.5. The van der Waals surface area contributed by atoms with Gasteiger partial charge in [-0.05, 0) is 6.42 Å². The SMILES string of the molecule is CO[C@@H]1[C@H](OP(=O)(O)OCC2O[C@@H](n3cnc4c(=O)[nH]c(N)nc43)[C@H](O)[C@@H]2O)C(COP(=O)(O)CCC(OP(=O)(O)O)C(COP(=O)(O)OCC2O[C@@H]([n+]3cn(C)c4c(=O)[nH]c(N)nc43)[C@H](O)[C@@H]2O)OP(=O)(O)O)O[C@H]1n1cnc2c(N)ncnc21. The molecule has 6 aromatic heterocycles. The molecule has 6 aromatic rings. The molecule has 19 N–H and O–H groups in total. The molecule has 9 heterocycles. The number of nitrogens with two attached hydrogens (primary N) is 3. The summed E-state index contributed by atoms with van der Waals surface area (Å²) in [7, 11) is -25.3. The second-order valence-corrected chi connectivity index (χ2v) is 26.3. The van der Waals surface area contributed by atoms with Crippen LogP contribution in [-0.2, 0) is 80.5 Å². The van der Waals surface area contributed by atoms with E-state index in [4.69, 9.17) is 58.8 Å². The maximum Gasteiger partial charge on any atom is 0.472 e. The van der Waals surface area contributed by atoms with Crippen LogP contribution >= 0.6 is 38.9 Å². The van der Waals surface area contributed by atoms with E-state index in [0.29, 0.717) is 0 Å². The van der Waals surface area contributed by atoms with Crippen LogP contribution in [0.5, 0.6) is 0 Å². The molecule has 476 valence electrons. The molecule has 44 nitrogen and oxygen atoms in total. The molecule has 0 aliphatic carbocycles. The molecule has 0 aromatic carbocycles. The van der Waals surface area contributed by atoms with Crippen molar-refractivity contribution in [3.05, 3.63) is 46.0 Å². The Balaban J connectivity index is 0.875. The topological polar surface area (TPSA) is 649 Å². The lowest BCUT2D eigenvalue weighted by Crippen LogP contribution is -2.46. The molecular weight excluding hydrogens is 1270 g/mol. The van der Waals surface area contributed by atoms with Crippen LogP contribution in [0.25, 0.3) is 33.5 Å². The molecule has 0 radical (unpaired) electrons. The van der Waals surface area contributed by atoms with E-state index in [9.17, 15) is 87.1 Å². The van der Waals surface area contributed by atoms with Gasteiger partial charge in [0.2, 0.25) is 17.7 Å². The van der Waals surface area contributed by atoms with Crippen LogP contribution < -0.4 is 32.9 Å². The van der Waals surface area contributed by atoms with Crippen LogP contribution in [0, 0.1) is 0 Å². The van der Waals surface area contributed by atoms with Crippen LogP contribution in [0.2, 0.25) is 0 Å². The Bertz CT molecular complexity index is 3840. The van der Waals surface area contributed by atoms with Crippen LogP contribution in [0.4, 0.5) is 17.7 Å². The Morgan fingerprint density at radius 3 is 1.92 bits per heavy atom. The van der Waals surface area contributed by atoms with E-state index in [1.807, 2.05) is 0 Å². The summed E-state index contributed by atoms with van der Waals surface area (Å²) in [6.07, 6.45) is -23.2. The third-order valence-electron chi connectivity index (χ3n) is 13.2. The number of aromatic nitrogens is 12. The Hall–Kier alpha value is -5.08. The van der Waals surface area contributed by atoms with Gasteiger partial charge in [-0.15, -0.1) is 0 Å². The molecule has 17 atom stereocenters. The number of imidazole rings is 3. The van der Waals surface area contributed by atoms with Crippen molar-refractivity contribution in [2.45, 2.75) is 92.2 Å². The standard InChI is InChI=1S/C37H54N15O29P5/c1-49-12-52(30-20(49)32(58)48-37(40)46-30)34-24(56)22(54)15(77-34)6-74-85(67,68)73-5-14(80-84(64,65)66)13(79-83(61,62)63)3-4-82(59,60)72-8-17-25(26(71-2)35(78-17)50-10-43-18-27(38)41-9-42-28(18)50)81-86(69,70)75-7-16-21(53)23(55)33(76-16)51-11-44-19-29(51)45-36(39)47-31(19)57/h9-17,21-26,33-35,53-56H,3-8H2,1-2H3,(H14-,38,39,40,41,42,45,46,47,48,57,58,59,60,61,62,63,64,65,66,67,68,69,70)/p+1/t13?,14?,15?,16?,17?,21-,22-,23-,24-,25-,26-,33-,34-,35-/m1/s1. The first-order chi connectivity index (χ1) is 40.1. The average molecular weight is 1330 g/mol. The maximum absolute atomic E-state index is 13.8. The van der Waals surface area contributed by atoms with Gasteiger partial charge in [0.1, 0.15) is 72.9 Å². The van der Waals surface area contributed by atoms with Crippen molar-refractivity contribution in [2.24, 2.45) is 7.05 Å². The fraction of sp³-hybridized carbons (Fsp3) is 0.595. The first-order valence-electron chi connectivity index (χ1n) is 24.5. The van der Waals surface area contributed by atoms with Crippen molar-refractivity contribution in [3.63, 3.8) is 0 Å². The van der Waals surface area contributed by atoms with E-state index in [0.717, 1.165) is 35.2 Å². The summed E-state index contributed by atoms with van der Waals surface area (Å²) in [5.41, 5.74) is 15.4. The molecule has 0 bridgehead atoms. The largest absolute Gasteiger partial charge is 0.472 e. The van der Waals surface area contributed by atoms with Crippen molar-refractivity contribution in [1.29, 1.82) is 0 Å². The van der Waals surface area contributed by atoms with Gasteiger partial charge in [0.15, 0.2) is 41.4 Å². The number of nitrogens with one attached hydrogen (secondary N) is 2. The number of fused-ring (bicyclic) bond motifs is 3. The van der Waals surface area contributed by atoms with Crippen molar-refractivity contribution >= 4 is 90.1 Å². The number of ether oxygens (including phenoxy) is 4. The smallest absolute Gasteiger partial charge is 0.387 e. The number of hydrogen-bond acceptors (Lipinski definition) is 31. The summed E-state index contributed by atoms with van der Waals surface area (Å²) in [4.78, 5) is 126. The minimum atomic E-state index is -5.82. The van der Waals surface area contributed by atoms with Gasteiger partial charge >= 0.3 is 44.5 Å².